The first kappa shape index (κ1) is 49.2. The van der Waals surface area contributed by atoms with E-state index in [-0.39, 0.29) is 0 Å². The fraction of sp³-hybridized carbons (Fsp3) is 0. The molecule has 10 aromatic carbocycles. The van der Waals surface area contributed by atoms with Crippen LogP contribution >= 0.6 is 15.9 Å². The maximum atomic E-state index is 9.29. The molecule has 0 radical (unpaired) electrons. The van der Waals surface area contributed by atoms with Gasteiger partial charge in [0.2, 0.25) is 11.8 Å². The number of halogens is 1. The lowest BCUT2D eigenvalue weighted by Crippen LogP contribution is -2.29. The molecule has 12 heteroatoms. The molecule has 0 spiro atoms. The Balaban J connectivity index is 0.000000128. The number of benzene rings is 10. The Hall–Kier alpha value is -9.72. The van der Waals surface area contributed by atoms with E-state index in [1.165, 1.54) is 0 Å². The lowest BCUT2D eigenvalue weighted by Gasteiger charge is -2.11. The van der Waals surface area contributed by atoms with Crippen LogP contribution in [0.1, 0.15) is 0 Å². The molecular formula is C66H44BBrN6O4. The van der Waals surface area contributed by atoms with E-state index in [0.29, 0.717) is 17.2 Å². The van der Waals surface area contributed by atoms with Crippen LogP contribution in [0.15, 0.2) is 268 Å². The van der Waals surface area contributed by atoms with Crippen LogP contribution in [0.25, 0.3) is 123 Å². The summed E-state index contributed by atoms with van der Waals surface area (Å²) in [4.78, 5) is 28.7. The summed E-state index contributed by atoms with van der Waals surface area (Å²) in [6, 6.07) is 83.3. The molecule has 0 bridgehead atoms. The van der Waals surface area contributed by atoms with E-state index in [1.807, 2.05) is 182 Å². The number of nitrogens with zero attached hydrogens (tertiary/aromatic N) is 6. The first-order valence-corrected chi connectivity index (χ1v) is 26.0. The van der Waals surface area contributed by atoms with Gasteiger partial charge in [-0.25, -0.2) is 29.9 Å². The van der Waals surface area contributed by atoms with Crippen molar-refractivity contribution >= 4 is 72.8 Å². The van der Waals surface area contributed by atoms with Gasteiger partial charge in [-0.05, 0) is 102 Å². The molecule has 0 saturated heterocycles. The first-order valence-electron chi connectivity index (χ1n) is 25.2. The van der Waals surface area contributed by atoms with Gasteiger partial charge in [0.25, 0.3) is 0 Å². The second-order valence-electron chi connectivity index (χ2n) is 18.2. The molecule has 0 aliphatic carbocycles. The van der Waals surface area contributed by atoms with Crippen LogP contribution in [-0.2, 0) is 0 Å². The second-order valence-corrected chi connectivity index (χ2v) is 19.1. The van der Waals surface area contributed by atoms with Crippen LogP contribution < -0.4 is 5.46 Å². The molecule has 14 aromatic rings. The van der Waals surface area contributed by atoms with E-state index in [0.717, 1.165) is 116 Å². The van der Waals surface area contributed by atoms with E-state index >= 15 is 0 Å². The minimum atomic E-state index is -1.48. The van der Waals surface area contributed by atoms with Crippen molar-refractivity contribution in [2.75, 3.05) is 0 Å². The monoisotopic (exact) mass is 1070 g/mol. The predicted octanol–water partition coefficient (Wildman–Crippen LogP) is 15.3. The normalized spacial score (nSPS) is 11.0. The third-order valence-electron chi connectivity index (χ3n) is 13.0. The van der Waals surface area contributed by atoms with Crippen LogP contribution in [0.2, 0.25) is 0 Å². The fourth-order valence-electron chi connectivity index (χ4n) is 9.02. The van der Waals surface area contributed by atoms with Crippen molar-refractivity contribution in [2.24, 2.45) is 0 Å². The van der Waals surface area contributed by atoms with E-state index < -0.39 is 7.12 Å². The summed E-state index contributed by atoms with van der Waals surface area (Å²) in [7, 11) is -1.48. The maximum Gasteiger partial charge on any atom is 0.488 e. The molecule has 14 rings (SSSR count). The minimum absolute atomic E-state index is 0.443. The summed E-state index contributed by atoms with van der Waals surface area (Å²) in [5.74, 6) is 1.29. The molecule has 0 amide bonds. The number of aromatic nitrogens is 6. The Labute approximate surface area is 457 Å². The summed E-state index contributed by atoms with van der Waals surface area (Å²) in [5.41, 5.74) is 18.7. The maximum absolute atomic E-state index is 9.29. The van der Waals surface area contributed by atoms with Crippen molar-refractivity contribution in [2.45, 2.75) is 0 Å². The molecule has 2 N–H and O–H groups in total. The molecule has 0 atom stereocenters. The molecule has 10 nitrogen and oxygen atoms in total. The van der Waals surface area contributed by atoms with Gasteiger partial charge in [-0.15, -0.1) is 0 Å². The Bertz CT molecular complexity index is 4280. The van der Waals surface area contributed by atoms with Crippen LogP contribution in [0, 0.1) is 0 Å². The highest BCUT2D eigenvalue weighted by Crippen LogP contribution is 2.35. The van der Waals surface area contributed by atoms with Gasteiger partial charge in [0, 0.05) is 37.9 Å². The Morgan fingerprint density at radius 1 is 0.269 bits per heavy atom. The summed E-state index contributed by atoms with van der Waals surface area (Å²) in [6.45, 7) is 0. The van der Waals surface area contributed by atoms with Crippen LogP contribution in [-0.4, -0.2) is 47.1 Å². The lowest BCUT2D eigenvalue weighted by molar-refractivity contribution is 0.426. The Kier molecular flexibility index (Phi) is 14.0. The lowest BCUT2D eigenvalue weighted by atomic mass is 9.80. The Morgan fingerprint density at radius 2 is 0.551 bits per heavy atom. The average molecular weight is 1080 g/mol. The fourth-order valence-corrected chi connectivity index (χ4v) is 9.28. The average Bonchev–Trinajstić information content (AvgIpc) is 4.23. The highest BCUT2D eigenvalue weighted by atomic mass is 79.9. The number of fused-ring (bicyclic) bond motifs is 4. The smallest absolute Gasteiger partial charge is 0.436 e. The third-order valence-corrected chi connectivity index (χ3v) is 13.5. The quantitative estimate of drug-likeness (QED) is 0.141. The number of hydrogen-bond acceptors (Lipinski definition) is 10. The van der Waals surface area contributed by atoms with E-state index in [9.17, 15) is 10.0 Å². The van der Waals surface area contributed by atoms with Gasteiger partial charge in [0.05, 0.1) is 44.8 Å². The number of hydrogen-bond donors (Lipinski definition) is 2. The van der Waals surface area contributed by atoms with Gasteiger partial charge in [-0.2, -0.15) is 0 Å². The topological polar surface area (TPSA) is 144 Å². The Morgan fingerprint density at radius 3 is 0.910 bits per heavy atom. The van der Waals surface area contributed by atoms with Gasteiger partial charge in [0.1, 0.15) is 11.0 Å². The van der Waals surface area contributed by atoms with Gasteiger partial charge < -0.3 is 18.9 Å². The van der Waals surface area contributed by atoms with Crippen LogP contribution in [0.4, 0.5) is 0 Å². The van der Waals surface area contributed by atoms with Crippen LogP contribution in [0.3, 0.4) is 0 Å². The van der Waals surface area contributed by atoms with Gasteiger partial charge in [-0.1, -0.05) is 186 Å². The highest BCUT2D eigenvalue weighted by molar-refractivity contribution is 9.10. The van der Waals surface area contributed by atoms with Crippen molar-refractivity contribution in [3.8, 4) is 79.1 Å². The minimum Gasteiger partial charge on any atom is -0.436 e. The predicted molar refractivity (Wildman–Crippen MR) is 316 cm³/mol. The molecule has 78 heavy (non-hydrogen) atoms. The van der Waals surface area contributed by atoms with Gasteiger partial charge in [0.15, 0.2) is 11.2 Å². The summed E-state index contributed by atoms with van der Waals surface area (Å²) in [5, 5.41) is 18.6. The molecule has 0 unspecified atom stereocenters. The summed E-state index contributed by atoms with van der Waals surface area (Å²) in [6.07, 6.45) is 0. The van der Waals surface area contributed by atoms with Gasteiger partial charge in [-0.3, -0.25) is 0 Å². The molecule has 0 aliphatic rings. The van der Waals surface area contributed by atoms with E-state index in [2.05, 4.69) is 86.6 Å². The third kappa shape index (κ3) is 10.7. The zero-order valence-corrected chi connectivity index (χ0v) is 43.2. The van der Waals surface area contributed by atoms with Crippen molar-refractivity contribution in [1.29, 1.82) is 0 Å². The van der Waals surface area contributed by atoms with Gasteiger partial charge >= 0.3 is 7.12 Å². The number of rotatable bonds is 8. The molecule has 4 heterocycles. The standard InChI is InChI=1S/C33H21N3O.C20H15BN2O2.C13H8BrNO/c1-2-8-24(9-3-1)31-32(35-28-11-5-4-10-27(28)34-31)25-18-14-22(15-19-25)23-16-20-26(21-17-23)33-36-29-12-6-7-13-30(29)37-33;24-21(25)16-12-10-15(11-13-16)20-19(14-6-2-1-3-7-14)22-17-8-4-5-9-18(17)23-20;14-10-7-5-9(6-8-10)13-15-11-3-1-2-4-12(11)16-13/h1-21H;1-13,24-25H;1-8H. The van der Waals surface area contributed by atoms with Crippen LogP contribution in [0.5, 0.6) is 0 Å². The van der Waals surface area contributed by atoms with E-state index in [4.69, 9.17) is 28.8 Å². The highest BCUT2D eigenvalue weighted by Gasteiger charge is 2.17. The zero-order chi connectivity index (χ0) is 52.8. The molecule has 0 saturated carbocycles. The number of para-hydroxylation sites is 8. The largest absolute Gasteiger partial charge is 0.488 e. The first-order chi connectivity index (χ1) is 38.4. The second kappa shape index (κ2) is 22.2. The molecule has 0 aliphatic heterocycles. The number of oxazole rings is 2. The van der Waals surface area contributed by atoms with E-state index in [1.54, 1.807) is 12.1 Å². The SMILES string of the molecule is Brc1ccc(-c2nc3ccccc3o2)cc1.OB(O)c1ccc(-c2nc3ccccc3nc2-c2ccccc2)cc1.c1ccc(-c2nc3ccccc3nc2-c2ccc(-c3ccc(-c4nc5ccccc5o4)cc3)cc2)cc1. The molecule has 372 valence electrons. The zero-order valence-electron chi connectivity index (χ0n) is 41.6. The molecular weight excluding hydrogens is 1030 g/mol. The van der Waals surface area contributed by atoms with Crippen molar-refractivity contribution in [1.82, 2.24) is 29.9 Å². The molecule has 0 fully saturated rings. The van der Waals surface area contributed by atoms with Crippen molar-refractivity contribution < 1.29 is 18.9 Å². The summed E-state index contributed by atoms with van der Waals surface area (Å²) >= 11 is 3.40. The molecule has 4 aromatic heterocycles. The summed E-state index contributed by atoms with van der Waals surface area (Å²) < 4.78 is 12.6. The van der Waals surface area contributed by atoms with Crippen molar-refractivity contribution in [3.63, 3.8) is 0 Å². The van der Waals surface area contributed by atoms with Crippen molar-refractivity contribution in [3.05, 3.63) is 259 Å².